The smallest absolute Gasteiger partial charge is 0.253 e. The molecule has 0 spiro atoms. The molecule has 0 radical (unpaired) electrons. The Kier molecular flexibility index (Phi) is 8.68. The third-order valence-corrected chi connectivity index (χ3v) is 9.26. The van der Waals surface area contributed by atoms with Gasteiger partial charge in [0.1, 0.15) is 0 Å². The lowest BCUT2D eigenvalue weighted by Gasteiger charge is -2.30. The van der Waals surface area contributed by atoms with Crippen molar-refractivity contribution in [3.63, 3.8) is 0 Å². The van der Waals surface area contributed by atoms with Crippen LogP contribution in [0.4, 0.5) is 5.69 Å². The number of hydrogen-bond donors (Lipinski definition) is 2. The van der Waals surface area contributed by atoms with E-state index in [9.17, 15) is 18.0 Å². The highest BCUT2D eigenvalue weighted by atomic mass is 32.2. The molecule has 9 heteroatoms. The summed E-state index contributed by atoms with van der Waals surface area (Å²) in [4.78, 5) is 27.3. The second kappa shape index (κ2) is 11.9. The second-order valence-corrected chi connectivity index (χ2v) is 11.8. The van der Waals surface area contributed by atoms with Gasteiger partial charge in [-0.05, 0) is 68.0 Å². The van der Waals surface area contributed by atoms with Crippen LogP contribution in [-0.4, -0.2) is 43.9 Å². The highest BCUT2D eigenvalue weighted by molar-refractivity contribution is 7.98. The molecule has 0 saturated carbocycles. The molecule has 1 heterocycles. The van der Waals surface area contributed by atoms with Crippen LogP contribution < -0.4 is 10.6 Å². The first-order chi connectivity index (χ1) is 17.8. The molecule has 0 aliphatic carbocycles. The Bertz CT molecular complexity index is 1340. The number of nitrogens with one attached hydrogen (secondary N) is 2. The molecule has 1 saturated heterocycles. The van der Waals surface area contributed by atoms with Crippen molar-refractivity contribution in [2.24, 2.45) is 5.92 Å². The van der Waals surface area contributed by atoms with Crippen molar-refractivity contribution in [2.75, 3.05) is 24.7 Å². The van der Waals surface area contributed by atoms with E-state index in [2.05, 4.69) is 10.6 Å². The first kappa shape index (κ1) is 26.9. The Morgan fingerprint density at radius 3 is 2.19 bits per heavy atom. The van der Waals surface area contributed by atoms with Gasteiger partial charge in [0, 0.05) is 23.9 Å². The van der Waals surface area contributed by atoms with Crippen molar-refractivity contribution in [1.29, 1.82) is 0 Å². The Morgan fingerprint density at radius 1 is 0.919 bits per heavy atom. The maximum atomic E-state index is 13.1. The Morgan fingerprint density at radius 2 is 1.54 bits per heavy atom. The Labute approximate surface area is 222 Å². The van der Waals surface area contributed by atoms with Crippen LogP contribution in [0.25, 0.3) is 0 Å². The minimum absolute atomic E-state index is 0.194. The highest BCUT2D eigenvalue weighted by Gasteiger charge is 2.32. The molecule has 2 N–H and O–H groups in total. The van der Waals surface area contributed by atoms with Gasteiger partial charge in [-0.25, -0.2) is 8.42 Å². The van der Waals surface area contributed by atoms with Crippen molar-refractivity contribution in [3.05, 3.63) is 90.0 Å². The van der Waals surface area contributed by atoms with Gasteiger partial charge in [0.15, 0.2) is 0 Å². The Hall–Kier alpha value is -3.14. The van der Waals surface area contributed by atoms with Crippen LogP contribution in [0.3, 0.4) is 0 Å². The minimum Gasteiger partial charge on any atom is -0.345 e. The van der Waals surface area contributed by atoms with Gasteiger partial charge < -0.3 is 10.6 Å². The van der Waals surface area contributed by atoms with Crippen molar-refractivity contribution < 1.29 is 18.0 Å². The van der Waals surface area contributed by atoms with Crippen molar-refractivity contribution >= 4 is 39.3 Å². The van der Waals surface area contributed by atoms with Crippen LogP contribution in [-0.2, 0) is 14.8 Å². The third-order valence-electron chi connectivity index (χ3n) is 6.60. The molecule has 1 aliphatic heterocycles. The van der Waals surface area contributed by atoms with Crippen LogP contribution in [0.2, 0.25) is 0 Å². The monoisotopic (exact) mass is 537 g/mol. The summed E-state index contributed by atoms with van der Waals surface area (Å²) in [5.74, 6) is -0.830. The molecule has 1 fully saturated rings. The number of amides is 2. The summed E-state index contributed by atoms with van der Waals surface area (Å²) in [6.07, 6.45) is 2.76. The number of sulfonamides is 1. The van der Waals surface area contributed by atoms with E-state index in [1.807, 2.05) is 43.5 Å². The maximum absolute atomic E-state index is 13.1. The summed E-state index contributed by atoms with van der Waals surface area (Å²) in [6.45, 7) is 2.44. The van der Waals surface area contributed by atoms with E-state index in [-0.39, 0.29) is 41.8 Å². The van der Waals surface area contributed by atoms with E-state index >= 15 is 0 Å². The number of para-hydroxylation sites is 1. The first-order valence-corrected chi connectivity index (χ1v) is 14.9. The van der Waals surface area contributed by atoms with Gasteiger partial charge in [0.2, 0.25) is 15.9 Å². The normalized spacial score (nSPS) is 15.6. The second-order valence-electron chi connectivity index (χ2n) is 8.99. The summed E-state index contributed by atoms with van der Waals surface area (Å²) in [7, 11) is -3.61. The number of benzene rings is 3. The number of carbonyl (C=O) groups excluding carboxylic acids is 2. The average molecular weight is 538 g/mol. The standard InChI is InChI=1S/C28H31N3O4S2/c1-20(21-8-4-3-5-9-21)29-28(33)25-10-6-7-11-26(25)30-27(32)22-16-18-31(19-17-22)37(34,35)24-14-12-23(36-2)13-15-24/h3-15,20,22H,16-19H2,1-2H3,(H,29,33)(H,30,32)/t20-/m1/s1. The summed E-state index contributed by atoms with van der Waals surface area (Å²) in [5, 5.41) is 5.89. The SMILES string of the molecule is CSc1ccc(S(=O)(=O)N2CCC(C(=O)Nc3ccccc3C(=O)N[C@H](C)c3ccccc3)CC2)cc1. The molecule has 0 aromatic heterocycles. The van der Waals surface area contributed by atoms with E-state index in [1.165, 1.54) is 4.31 Å². The van der Waals surface area contributed by atoms with Crippen LogP contribution in [0.15, 0.2) is 88.7 Å². The average Bonchev–Trinajstić information content (AvgIpc) is 2.93. The quantitative estimate of drug-likeness (QED) is 0.397. The van der Waals surface area contributed by atoms with Gasteiger partial charge in [-0.15, -0.1) is 11.8 Å². The zero-order valence-electron chi connectivity index (χ0n) is 20.9. The van der Waals surface area contributed by atoms with Crippen molar-refractivity contribution in [1.82, 2.24) is 9.62 Å². The van der Waals surface area contributed by atoms with Crippen LogP contribution in [0, 0.1) is 5.92 Å². The van der Waals surface area contributed by atoms with Crippen LogP contribution >= 0.6 is 11.8 Å². The molecule has 1 aliphatic rings. The number of piperidine rings is 1. The van der Waals surface area contributed by atoms with Gasteiger partial charge in [0.25, 0.3) is 5.91 Å². The summed E-state index contributed by atoms with van der Waals surface area (Å²) in [5.41, 5.74) is 1.81. The first-order valence-electron chi connectivity index (χ1n) is 12.2. The molecular weight excluding hydrogens is 506 g/mol. The van der Waals surface area contributed by atoms with E-state index in [4.69, 9.17) is 0 Å². The molecule has 2 amide bonds. The molecule has 0 bridgehead atoms. The predicted octanol–water partition coefficient (Wildman–Crippen LogP) is 4.94. The van der Waals surface area contributed by atoms with Gasteiger partial charge in [-0.2, -0.15) is 4.31 Å². The van der Waals surface area contributed by atoms with Crippen LogP contribution in [0.1, 0.15) is 41.7 Å². The fourth-order valence-corrected chi connectivity index (χ4v) is 6.26. The maximum Gasteiger partial charge on any atom is 0.253 e. The van der Waals surface area contributed by atoms with Gasteiger partial charge in [-0.3, -0.25) is 9.59 Å². The van der Waals surface area contributed by atoms with Crippen LogP contribution in [0.5, 0.6) is 0 Å². The number of anilines is 1. The molecular formula is C28H31N3O4S2. The molecule has 3 aromatic rings. The molecule has 1 atom stereocenters. The predicted molar refractivity (Wildman–Crippen MR) is 147 cm³/mol. The van der Waals surface area contributed by atoms with E-state index in [0.29, 0.717) is 24.1 Å². The largest absolute Gasteiger partial charge is 0.345 e. The Balaban J connectivity index is 1.37. The van der Waals surface area contributed by atoms with E-state index < -0.39 is 10.0 Å². The summed E-state index contributed by atoms with van der Waals surface area (Å²) in [6, 6.07) is 23.2. The third kappa shape index (κ3) is 6.41. The van der Waals surface area contributed by atoms with Gasteiger partial charge >= 0.3 is 0 Å². The number of rotatable bonds is 8. The zero-order valence-corrected chi connectivity index (χ0v) is 22.5. The highest BCUT2D eigenvalue weighted by Crippen LogP contribution is 2.27. The summed E-state index contributed by atoms with van der Waals surface area (Å²) >= 11 is 1.55. The summed E-state index contributed by atoms with van der Waals surface area (Å²) < 4.78 is 27.5. The number of carbonyl (C=O) groups is 2. The number of thioether (sulfide) groups is 1. The molecule has 4 rings (SSSR count). The van der Waals surface area contributed by atoms with Crippen molar-refractivity contribution in [3.8, 4) is 0 Å². The lowest BCUT2D eigenvalue weighted by Crippen LogP contribution is -2.41. The molecule has 37 heavy (non-hydrogen) atoms. The van der Waals surface area contributed by atoms with E-state index in [1.54, 1.807) is 60.3 Å². The fourth-order valence-electron chi connectivity index (χ4n) is 4.38. The molecule has 0 unspecified atom stereocenters. The number of hydrogen-bond acceptors (Lipinski definition) is 5. The topological polar surface area (TPSA) is 95.6 Å². The van der Waals surface area contributed by atoms with Gasteiger partial charge in [0.05, 0.1) is 22.2 Å². The minimum atomic E-state index is -3.61. The molecule has 7 nitrogen and oxygen atoms in total. The number of nitrogens with zero attached hydrogens (tertiary/aromatic N) is 1. The fraction of sp³-hybridized carbons (Fsp3) is 0.286. The van der Waals surface area contributed by atoms with Crippen molar-refractivity contribution in [2.45, 2.75) is 35.6 Å². The molecule has 3 aromatic carbocycles. The zero-order chi connectivity index (χ0) is 26.4. The van der Waals surface area contributed by atoms with Gasteiger partial charge in [-0.1, -0.05) is 42.5 Å². The molecule has 194 valence electrons. The lowest BCUT2D eigenvalue weighted by molar-refractivity contribution is -0.120. The van der Waals surface area contributed by atoms with E-state index in [0.717, 1.165) is 10.5 Å². The lowest BCUT2D eigenvalue weighted by atomic mass is 9.97.